The molecule has 5 nitrogen and oxygen atoms in total. The number of aromatic nitrogens is 2. The predicted octanol–water partition coefficient (Wildman–Crippen LogP) is 2.34. The third-order valence-electron chi connectivity index (χ3n) is 4.17. The van der Waals surface area contributed by atoms with Crippen LogP contribution in [0.15, 0.2) is 22.9 Å². The van der Waals surface area contributed by atoms with Crippen molar-refractivity contribution in [2.24, 2.45) is 5.92 Å². The third-order valence-corrected chi connectivity index (χ3v) is 4.17. The molecule has 0 radical (unpaired) electrons. The number of imidazole rings is 1. The van der Waals surface area contributed by atoms with E-state index in [-0.39, 0.29) is 5.91 Å². The van der Waals surface area contributed by atoms with Crippen LogP contribution in [-0.2, 0) is 19.4 Å². The van der Waals surface area contributed by atoms with Crippen molar-refractivity contribution in [1.82, 2.24) is 14.9 Å². The average Bonchev–Trinajstić information content (AvgIpc) is 3.10. The summed E-state index contributed by atoms with van der Waals surface area (Å²) in [5.41, 5.74) is 1.04. The lowest BCUT2D eigenvalue weighted by Crippen LogP contribution is -2.33. The standard InChI is InChI=1S/C16H21N3O2/c1-3-13-11(2)8-14(21-13)16(20)18-10-12-4-6-19-7-5-17-15(19)9-12/h5,7-8,12H,3-4,6,9-10H2,1-2H3,(H,18,20)/t12-/m1/s1. The number of fused-ring (bicyclic) bond motifs is 1. The minimum absolute atomic E-state index is 0.119. The lowest BCUT2D eigenvalue weighted by molar-refractivity contribution is 0.0915. The van der Waals surface area contributed by atoms with Crippen LogP contribution in [-0.4, -0.2) is 22.0 Å². The quantitative estimate of drug-likeness (QED) is 0.939. The molecule has 1 aliphatic rings. The SMILES string of the molecule is CCc1oc(C(=O)NC[C@@H]2CCn3ccnc3C2)cc1C. The number of carbonyl (C=O) groups is 1. The van der Waals surface area contributed by atoms with Crippen molar-refractivity contribution in [3.05, 3.63) is 41.4 Å². The number of amides is 1. The third kappa shape index (κ3) is 2.86. The predicted molar refractivity (Wildman–Crippen MR) is 79.2 cm³/mol. The molecule has 0 bridgehead atoms. The minimum Gasteiger partial charge on any atom is -0.456 e. The fourth-order valence-corrected chi connectivity index (χ4v) is 2.90. The largest absolute Gasteiger partial charge is 0.456 e. The smallest absolute Gasteiger partial charge is 0.287 e. The van der Waals surface area contributed by atoms with Gasteiger partial charge < -0.3 is 14.3 Å². The zero-order valence-corrected chi connectivity index (χ0v) is 12.6. The number of hydrogen-bond acceptors (Lipinski definition) is 3. The number of rotatable bonds is 4. The van der Waals surface area contributed by atoms with Gasteiger partial charge in [-0.2, -0.15) is 0 Å². The zero-order chi connectivity index (χ0) is 14.8. The minimum atomic E-state index is -0.119. The molecule has 0 unspecified atom stereocenters. The Morgan fingerprint density at radius 1 is 1.57 bits per heavy atom. The molecule has 0 aliphatic carbocycles. The van der Waals surface area contributed by atoms with Crippen molar-refractivity contribution in [2.75, 3.05) is 6.54 Å². The molecule has 1 atom stereocenters. The van der Waals surface area contributed by atoms with E-state index in [1.807, 2.05) is 32.3 Å². The van der Waals surface area contributed by atoms with Gasteiger partial charge in [0.15, 0.2) is 5.76 Å². The molecule has 0 aromatic carbocycles. The summed E-state index contributed by atoms with van der Waals surface area (Å²) in [5, 5.41) is 2.99. The van der Waals surface area contributed by atoms with Gasteiger partial charge in [0.05, 0.1) is 0 Å². The highest BCUT2D eigenvalue weighted by molar-refractivity contribution is 5.91. The van der Waals surface area contributed by atoms with E-state index < -0.39 is 0 Å². The van der Waals surface area contributed by atoms with Gasteiger partial charge in [-0.15, -0.1) is 0 Å². The molecule has 3 rings (SSSR count). The van der Waals surface area contributed by atoms with Crippen LogP contribution in [0.2, 0.25) is 0 Å². The molecule has 0 saturated heterocycles. The molecule has 2 aromatic heterocycles. The van der Waals surface area contributed by atoms with Crippen LogP contribution in [0.3, 0.4) is 0 Å². The highest BCUT2D eigenvalue weighted by Gasteiger charge is 2.21. The summed E-state index contributed by atoms with van der Waals surface area (Å²) in [6.07, 6.45) is 6.66. The first-order valence-corrected chi connectivity index (χ1v) is 7.55. The van der Waals surface area contributed by atoms with E-state index in [0.717, 1.165) is 43.0 Å². The highest BCUT2D eigenvalue weighted by atomic mass is 16.4. The van der Waals surface area contributed by atoms with Crippen molar-refractivity contribution >= 4 is 5.91 Å². The molecule has 5 heteroatoms. The fourth-order valence-electron chi connectivity index (χ4n) is 2.90. The molecular formula is C16H21N3O2. The molecule has 0 fully saturated rings. The molecular weight excluding hydrogens is 266 g/mol. The van der Waals surface area contributed by atoms with Crippen LogP contribution in [0, 0.1) is 12.8 Å². The first-order valence-electron chi connectivity index (χ1n) is 7.55. The summed E-state index contributed by atoms with van der Waals surface area (Å²) in [7, 11) is 0. The van der Waals surface area contributed by atoms with Crippen LogP contribution in [0.25, 0.3) is 0 Å². The molecule has 21 heavy (non-hydrogen) atoms. The number of nitrogens with zero attached hydrogens (tertiary/aromatic N) is 2. The van der Waals surface area contributed by atoms with E-state index >= 15 is 0 Å². The van der Waals surface area contributed by atoms with Crippen molar-refractivity contribution in [3.8, 4) is 0 Å². The second-order valence-electron chi connectivity index (χ2n) is 5.68. The Morgan fingerprint density at radius 2 is 2.43 bits per heavy atom. The first-order chi connectivity index (χ1) is 10.2. The normalized spacial score (nSPS) is 17.5. The summed E-state index contributed by atoms with van der Waals surface area (Å²) < 4.78 is 7.76. The van der Waals surface area contributed by atoms with Crippen molar-refractivity contribution in [3.63, 3.8) is 0 Å². The Balaban J connectivity index is 1.56. The number of furan rings is 1. The topological polar surface area (TPSA) is 60.1 Å². The monoisotopic (exact) mass is 287 g/mol. The molecule has 2 aromatic rings. The van der Waals surface area contributed by atoms with Gasteiger partial charge in [-0.05, 0) is 30.9 Å². The van der Waals surface area contributed by atoms with E-state index in [4.69, 9.17) is 4.42 Å². The van der Waals surface area contributed by atoms with Gasteiger partial charge in [-0.1, -0.05) is 6.92 Å². The summed E-state index contributed by atoms with van der Waals surface area (Å²) in [4.78, 5) is 16.5. The van der Waals surface area contributed by atoms with E-state index in [9.17, 15) is 4.79 Å². The molecule has 1 N–H and O–H groups in total. The van der Waals surface area contributed by atoms with Crippen molar-refractivity contribution < 1.29 is 9.21 Å². The zero-order valence-electron chi connectivity index (χ0n) is 12.6. The maximum Gasteiger partial charge on any atom is 0.287 e. The number of carbonyl (C=O) groups excluding carboxylic acids is 1. The summed E-state index contributed by atoms with van der Waals surface area (Å²) >= 11 is 0. The molecule has 0 spiro atoms. The molecule has 1 aliphatic heterocycles. The van der Waals surface area contributed by atoms with Crippen LogP contribution in [0.4, 0.5) is 0 Å². The maximum absolute atomic E-state index is 12.1. The van der Waals surface area contributed by atoms with Gasteiger partial charge in [-0.3, -0.25) is 4.79 Å². The number of aryl methyl sites for hydroxylation is 3. The van der Waals surface area contributed by atoms with Gasteiger partial charge in [-0.25, -0.2) is 4.98 Å². The Kier molecular flexibility index (Phi) is 3.82. The Bertz CT molecular complexity index is 642. The molecule has 3 heterocycles. The highest BCUT2D eigenvalue weighted by Crippen LogP contribution is 2.19. The van der Waals surface area contributed by atoms with E-state index in [1.54, 1.807) is 0 Å². The lowest BCUT2D eigenvalue weighted by atomic mass is 9.98. The van der Waals surface area contributed by atoms with Crippen molar-refractivity contribution in [2.45, 2.75) is 39.7 Å². The Hall–Kier alpha value is -2.04. The lowest BCUT2D eigenvalue weighted by Gasteiger charge is -2.23. The number of nitrogens with one attached hydrogen (secondary N) is 1. The van der Waals surface area contributed by atoms with Gasteiger partial charge in [0.25, 0.3) is 5.91 Å². The van der Waals surface area contributed by atoms with Crippen LogP contribution in [0.1, 0.15) is 41.0 Å². The second-order valence-corrected chi connectivity index (χ2v) is 5.68. The summed E-state index contributed by atoms with van der Waals surface area (Å²) in [6.45, 7) is 5.65. The Morgan fingerprint density at radius 3 is 3.19 bits per heavy atom. The van der Waals surface area contributed by atoms with Gasteiger partial charge in [0, 0.05) is 38.3 Å². The average molecular weight is 287 g/mol. The van der Waals surface area contributed by atoms with Gasteiger partial charge >= 0.3 is 0 Å². The molecule has 112 valence electrons. The van der Waals surface area contributed by atoms with Crippen LogP contribution < -0.4 is 5.32 Å². The number of hydrogen-bond donors (Lipinski definition) is 1. The van der Waals surface area contributed by atoms with E-state index in [0.29, 0.717) is 18.2 Å². The van der Waals surface area contributed by atoms with Crippen LogP contribution >= 0.6 is 0 Å². The van der Waals surface area contributed by atoms with Crippen LogP contribution in [0.5, 0.6) is 0 Å². The summed E-state index contributed by atoms with van der Waals surface area (Å²) in [5.74, 6) is 2.75. The van der Waals surface area contributed by atoms with E-state index in [1.165, 1.54) is 0 Å². The van der Waals surface area contributed by atoms with E-state index in [2.05, 4.69) is 14.9 Å². The second kappa shape index (κ2) is 5.76. The molecule has 0 saturated carbocycles. The van der Waals surface area contributed by atoms with Gasteiger partial charge in [0.1, 0.15) is 11.6 Å². The van der Waals surface area contributed by atoms with Crippen molar-refractivity contribution in [1.29, 1.82) is 0 Å². The van der Waals surface area contributed by atoms with Gasteiger partial charge in [0.2, 0.25) is 0 Å². The molecule has 1 amide bonds. The fraction of sp³-hybridized carbons (Fsp3) is 0.500. The Labute approximate surface area is 124 Å². The maximum atomic E-state index is 12.1. The summed E-state index contributed by atoms with van der Waals surface area (Å²) in [6, 6.07) is 1.82. The first kappa shape index (κ1) is 13.9.